The van der Waals surface area contributed by atoms with Crippen LogP contribution in [0, 0.1) is 0 Å². The molecule has 0 saturated carbocycles. The Morgan fingerprint density at radius 3 is 2.71 bits per heavy atom. The van der Waals surface area contributed by atoms with Gasteiger partial charge in [0, 0.05) is 26.2 Å². The molecule has 1 heterocycles. The highest BCUT2D eigenvalue weighted by Gasteiger charge is 2.21. The van der Waals surface area contributed by atoms with Crippen LogP contribution in [0.5, 0.6) is 0 Å². The van der Waals surface area contributed by atoms with Crippen LogP contribution in [-0.2, 0) is 0 Å². The minimum atomic E-state index is -0.0409. The zero-order valence-electron chi connectivity index (χ0n) is 14.8. The van der Waals surface area contributed by atoms with Gasteiger partial charge in [0.15, 0.2) is 0 Å². The molecule has 5 nitrogen and oxygen atoms in total. The van der Waals surface area contributed by atoms with Gasteiger partial charge < -0.3 is 20.2 Å². The third-order valence-electron chi connectivity index (χ3n) is 4.57. The summed E-state index contributed by atoms with van der Waals surface area (Å²) in [4.78, 5) is 17.1. The number of rotatable bonds is 7. The molecule has 1 aromatic rings. The van der Waals surface area contributed by atoms with E-state index in [-0.39, 0.29) is 18.7 Å². The summed E-state index contributed by atoms with van der Waals surface area (Å²) in [6.45, 7) is 7.08. The molecule has 1 fully saturated rings. The number of urea groups is 1. The number of hydrogen-bond donors (Lipinski definition) is 2. The number of hydrogen-bond acceptors (Lipinski definition) is 3. The summed E-state index contributed by atoms with van der Waals surface area (Å²) in [5.74, 6) is 0. The number of carbonyl (C=O) groups excluding carboxylic acids is 1. The molecule has 0 aromatic heterocycles. The van der Waals surface area contributed by atoms with Crippen molar-refractivity contribution < 1.29 is 9.90 Å². The van der Waals surface area contributed by atoms with Crippen LogP contribution in [0.15, 0.2) is 30.3 Å². The van der Waals surface area contributed by atoms with E-state index >= 15 is 0 Å². The van der Waals surface area contributed by atoms with Crippen LogP contribution in [0.4, 0.5) is 4.79 Å². The zero-order valence-corrected chi connectivity index (χ0v) is 14.8. The number of carbonyl (C=O) groups is 1. The van der Waals surface area contributed by atoms with Gasteiger partial charge in [-0.25, -0.2) is 4.79 Å². The van der Waals surface area contributed by atoms with E-state index in [9.17, 15) is 4.79 Å². The van der Waals surface area contributed by atoms with Crippen molar-refractivity contribution in [3.05, 3.63) is 35.9 Å². The lowest BCUT2D eigenvalue weighted by Crippen LogP contribution is -2.43. The molecule has 1 aliphatic heterocycles. The van der Waals surface area contributed by atoms with Crippen LogP contribution in [0.25, 0.3) is 0 Å². The second kappa shape index (κ2) is 10.3. The van der Waals surface area contributed by atoms with Crippen molar-refractivity contribution >= 4 is 6.03 Å². The molecule has 2 N–H and O–H groups in total. The Balaban J connectivity index is 1.94. The van der Waals surface area contributed by atoms with Gasteiger partial charge in [0.05, 0.1) is 6.04 Å². The van der Waals surface area contributed by atoms with E-state index in [0.29, 0.717) is 6.42 Å². The first-order valence-electron chi connectivity index (χ1n) is 9.18. The van der Waals surface area contributed by atoms with Crippen molar-refractivity contribution in [3.63, 3.8) is 0 Å². The summed E-state index contributed by atoms with van der Waals surface area (Å²) in [6, 6.07) is 10.00. The SMILES string of the molecule is CCCN1CCCN(C(=O)NC(CCCO)c2ccccc2)CC1. The number of nitrogens with one attached hydrogen (secondary N) is 1. The first-order chi connectivity index (χ1) is 11.7. The lowest BCUT2D eigenvalue weighted by molar-refractivity contribution is 0.192. The van der Waals surface area contributed by atoms with Crippen molar-refractivity contribution in [2.45, 2.75) is 38.6 Å². The predicted octanol–water partition coefficient (Wildman–Crippen LogP) is 2.63. The van der Waals surface area contributed by atoms with Crippen molar-refractivity contribution in [1.82, 2.24) is 15.1 Å². The predicted molar refractivity (Wildman–Crippen MR) is 97.0 cm³/mol. The number of nitrogens with zero attached hydrogens (tertiary/aromatic N) is 2. The second-order valence-electron chi connectivity index (χ2n) is 6.46. The monoisotopic (exact) mass is 333 g/mol. The summed E-state index contributed by atoms with van der Waals surface area (Å²) < 4.78 is 0. The maximum Gasteiger partial charge on any atom is 0.317 e. The lowest BCUT2D eigenvalue weighted by atomic mass is 10.0. The van der Waals surface area contributed by atoms with Crippen molar-refractivity contribution in [2.24, 2.45) is 0 Å². The summed E-state index contributed by atoms with van der Waals surface area (Å²) in [5, 5.41) is 12.3. The Morgan fingerprint density at radius 1 is 1.21 bits per heavy atom. The Bertz CT molecular complexity index is 481. The Labute approximate surface area is 145 Å². The summed E-state index contributed by atoms with van der Waals surface area (Å²) in [6.07, 6.45) is 3.62. The van der Waals surface area contributed by atoms with Crippen LogP contribution in [0.1, 0.15) is 44.2 Å². The van der Waals surface area contributed by atoms with Gasteiger partial charge in [0.2, 0.25) is 0 Å². The molecule has 1 saturated heterocycles. The average Bonchev–Trinajstić information content (AvgIpc) is 2.85. The van der Waals surface area contributed by atoms with Gasteiger partial charge in [0.25, 0.3) is 0 Å². The summed E-state index contributed by atoms with van der Waals surface area (Å²) >= 11 is 0. The lowest BCUT2D eigenvalue weighted by Gasteiger charge is -2.26. The van der Waals surface area contributed by atoms with Gasteiger partial charge in [-0.15, -0.1) is 0 Å². The molecule has 1 aromatic carbocycles. The van der Waals surface area contributed by atoms with Gasteiger partial charge in [-0.1, -0.05) is 37.3 Å². The standard InChI is InChI=1S/C19H31N3O2/c1-2-11-21-12-7-13-22(15-14-21)19(24)20-18(10-6-16-23)17-8-4-3-5-9-17/h3-5,8-9,18,23H,2,6-7,10-16H2,1H3,(H,20,24). The fourth-order valence-electron chi connectivity index (χ4n) is 3.26. The van der Waals surface area contributed by atoms with Gasteiger partial charge in [-0.3, -0.25) is 0 Å². The molecule has 2 rings (SSSR count). The minimum Gasteiger partial charge on any atom is -0.396 e. The molecule has 1 aliphatic rings. The van der Waals surface area contributed by atoms with E-state index in [1.165, 1.54) is 0 Å². The Morgan fingerprint density at radius 2 is 2.00 bits per heavy atom. The van der Waals surface area contributed by atoms with Crippen LogP contribution < -0.4 is 5.32 Å². The maximum atomic E-state index is 12.7. The van der Waals surface area contributed by atoms with E-state index < -0.39 is 0 Å². The fraction of sp³-hybridized carbons (Fsp3) is 0.632. The average molecular weight is 333 g/mol. The third-order valence-corrected chi connectivity index (χ3v) is 4.57. The molecule has 5 heteroatoms. The molecular weight excluding hydrogens is 302 g/mol. The topological polar surface area (TPSA) is 55.8 Å². The molecule has 0 bridgehead atoms. The van der Waals surface area contributed by atoms with Crippen LogP contribution in [0.2, 0.25) is 0 Å². The summed E-state index contributed by atoms with van der Waals surface area (Å²) in [5.41, 5.74) is 1.10. The number of aliphatic hydroxyl groups is 1. The largest absolute Gasteiger partial charge is 0.396 e. The molecule has 2 amide bonds. The van der Waals surface area contributed by atoms with E-state index in [2.05, 4.69) is 17.1 Å². The quantitative estimate of drug-likeness (QED) is 0.806. The molecule has 1 unspecified atom stereocenters. The first kappa shape index (κ1) is 18.7. The van der Waals surface area contributed by atoms with Crippen molar-refractivity contribution in [2.75, 3.05) is 39.3 Å². The molecule has 0 radical (unpaired) electrons. The van der Waals surface area contributed by atoms with Crippen LogP contribution in [-0.4, -0.2) is 60.3 Å². The maximum absolute atomic E-state index is 12.7. The number of benzene rings is 1. The second-order valence-corrected chi connectivity index (χ2v) is 6.46. The molecular formula is C19H31N3O2. The summed E-state index contributed by atoms with van der Waals surface area (Å²) in [7, 11) is 0. The number of aliphatic hydroxyl groups excluding tert-OH is 1. The molecule has 0 aliphatic carbocycles. The van der Waals surface area contributed by atoms with Crippen LogP contribution in [0.3, 0.4) is 0 Å². The normalized spacial score (nSPS) is 17.3. The van der Waals surface area contributed by atoms with Crippen molar-refractivity contribution in [3.8, 4) is 0 Å². The van der Waals surface area contributed by atoms with Crippen LogP contribution >= 0.6 is 0 Å². The van der Waals surface area contributed by atoms with Gasteiger partial charge in [-0.05, 0) is 44.3 Å². The Hall–Kier alpha value is -1.59. The fourth-order valence-corrected chi connectivity index (χ4v) is 3.26. The van der Waals surface area contributed by atoms with E-state index in [1.54, 1.807) is 0 Å². The Kier molecular flexibility index (Phi) is 8.05. The highest BCUT2D eigenvalue weighted by Crippen LogP contribution is 2.19. The zero-order chi connectivity index (χ0) is 17.2. The van der Waals surface area contributed by atoms with E-state index in [4.69, 9.17) is 5.11 Å². The third kappa shape index (κ3) is 5.80. The van der Waals surface area contributed by atoms with E-state index in [0.717, 1.165) is 57.5 Å². The number of amides is 2. The smallest absolute Gasteiger partial charge is 0.317 e. The van der Waals surface area contributed by atoms with Gasteiger partial charge in [-0.2, -0.15) is 0 Å². The first-order valence-corrected chi connectivity index (χ1v) is 9.18. The van der Waals surface area contributed by atoms with Gasteiger partial charge in [0.1, 0.15) is 0 Å². The van der Waals surface area contributed by atoms with Gasteiger partial charge >= 0.3 is 6.03 Å². The molecule has 1 atom stereocenters. The molecule has 24 heavy (non-hydrogen) atoms. The van der Waals surface area contributed by atoms with E-state index in [1.807, 2.05) is 35.2 Å². The highest BCUT2D eigenvalue weighted by molar-refractivity contribution is 5.74. The van der Waals surface area contributed by atoms with Crippen molar-refractivity contribution in [1.29, 1.82) is 0 Å². The molecule has 134 valence electrons. The highest BCUT2D eigenvalue weighted by atomic mass is 16.3. The minimum absolute atomic E-state index is 0.0140. The molecule has 0 spiro atoms.